The van der Waals surface area contributed by atoms with E-state index in [1.807, 2.05) is 78.9 Å². The maximum absolute atomic E-state index is 12.6. The normalized spacial score (nSPS) is 23.7. The molecule has 1 aromatic heterocycles. The smallest absolute Gasteiger partial charge is 0.252 e. The maximum Gasteiger partial charge on any atom is 0.252 e. The monoisotopic (exact) mass is 541 g/mol. The van der Waals surface area contributed by atoms with E-state index in [-0.39, 0.29) is 18.8 Å². The van der Waals surface area contributed by atoms with Gasteiger partial charge in [0.05, 0.1) is 27.4 Å². The molecule has 1 unspecified atom stereocenters. The van der Waals surface area contributed by atoms with Gasteiger partial charge in [0, 0.05) is 12.3 Å². The van der Waals surface area contributed by atoms with Gasteiger partial charge < -0.3 is 28.8 Å². The summed E-state index contributed by atoms with van der Waals surface area (Å²) in [6, 6.07) is 30.2. The maximum atomic E-state index is 12.6. The molecular formula is C32H31NO7. The minimum Gasteiger partial charge on any atom is -0.497 e. The molecule has 8 nitrogen and oxygen atoms in total. The number of methoxy groups -OCH3 is 2. The fourth-order valence-corrected chi connectivity index (χ4v) is 5.69. The van der Waals surface area contributed by atoms with Gasteiger partial charge in [0.15, 0.2) is 6.23 Å². The Bertz CT molecular complexity index is 1460. The van der Waals surface area contributed by atoms with Crippen LogP contribution in [0.25, 0.3) is 0 Å². The van der Waals surface area contributed by atoms with Gasteiger partial charge >= 0.3 is 0 Å². The molecule has 4 atom stereocenters. The predicted octanol–water partition coefficient (Wildman–Crippen LogP) is 3.90. The van der Waals surface area contributed by atoms with Gasteiger partial charge in [-0.05, 0) is 47.0 Å². The van der Waals surface area contributed by atoms with Crippen molar-refractivity contribution in [1.29, 1.82) is 0 Å². The van der Waals surface area contributed by atoms with Crippen LogP contribution < -0.4 is 15.0 Å². The lowest BCUT2D eigenvalue weighted by molar-refractivity contribution is -0.204. The highest BCUT2D eigenvalue weighted by atomic mass is 16.7. The molecule has 206 valence electrons. The Labute approximate surface area is 232 Å². The molecule has 1 N–H and O–H groups in total. The standard InChI is InChI=1S/C32H31NO7/c1-36-25-15-11-23(12-16-25)32(22-8-4-3-5-9-22,24-13-17-26(37-2)18-14-24)39-21-31-20-38-28(29(31)35)30(40-31)33-19-7-6-10-27(33)34/h3-19,28-30,35H,20-21H2,1-2H3/t28-,29?,30+,31+/m0/s1. The highest BCUT2D eigenvalue weighted by molar-refractivity contribution is 5.49. The largest absolute Gasteiger partial charge is 0.497 e. The molecule has 0 saturated carbocycles. The van der Waals surface area contributed by atoms with E-state index >= 15 is 0 Å². The Hall–Kier alpha value is -3.95. The number of hydrogen-bond donors (Lipinski definition) is 1. The molecule has 2 fully saturated rings. The molecule has 2 bridgehead atoms. The molecule has 6 rings (SSSR count). The van der Waals surface area contributed by atoms with Crippen LogP contribution in [0.1, 0.15) is 22.9 Å². The van der Waals surface area contributed by atoms with Crippen molar-refractivity contribution in [2.24, 2.45) is 0 Å². The molecule has 4 aromatic rings. The second kappa shape index (κ2) is 10.6. The zero-order valence-electron chi connectivity index (χ0n) is 22.3. The number of aromatic nitrogens is 1. The van der Waals surface area contributed by atoms with Gasteiger partial charge in [-0.15, -0.1) is 0 Å². The summed E-state index contributed by atoms with van der Waals surface area (Å²) in [6.07, 6.45) is -0.822. The van der Waals surface area contributed by atoms with Crippen LogP contribution in [0.3, 0.4) is 0 Å². The van der Waals surface area contributed by atoms with Crippen LogP contribution in [-0.4, -0.2) is 54.9 Å². The van der Waals surface area contributed by atoms with E-state index in [1.165, 1.54) is 10.6 Å². The summed E-state index contributed by atoms with van der Waals surface area (Å²) < 4.78 is 31.7. The van der Waals surface area contributed by atoms with Crippen LogP contribution in [0.5, 0.6) is 11.5 Å². The van der Waals surface area contributed by atoms with E-state index in [0.29, 0.717) is 0 Å². The molecule has 2 aliphatic heterocycles. The number of nitrogens with zero attached hydrogens (tertiary/aromatic N) is 1. The van der Waals surface area contributed by atoms with Gasteiger partial charge in [-0.3, -0.25) is 9.36 Å². The fourth-order valence-electron chi connectivity index (χ4n) is 5.69. The van der Waals surface area contributed by atoms with Crippen LogP contribution in [0.2, 0.25) is 0 Å². The van der Waals surface area contributed by atoms with Crippen LogP contribution in [-0.2, 0) is 19.8 Å². The average Bonchev–Trinajstić information content (AvgIpc) is 3.47. The summed E-state index contributed by atoms with van der Waals surface area (Å²) in [7, 11) is 3.25. The number of aliphatic hydroxyl groups excluding tert-OH is 1. The Morgan fingerprint density at radius 3 is 2.00 bits per heavy atom. The number of rotatable bonds is 9. The van der Waals surface area contributed by atoms with E-state index in [9.17, 15) is 9.90 Å². The van der Waals surface area contributed by atoms with E-state index in [4.69, 9.17) is 23.7 Å². The second-order valence-corrected chi connectivity index (χ2v) is 10.0. The van der Waals surface area contributed by atoms with Gasteiger partial charge in [-0.1, -0.05) is 60.7 Å². The van der Waals surface area contributed by atoms with Crippen molar-refractivity contribution in [3.05, 3.63) is 130 Å². The minimum absolute atomic E-state index is 0.00426. The lowest BCUT2D eigenvalue weighted by Gasteiger charge is -2.39. The third-order valence-corrected chi connectivity index (χ3v) is 7.84. The summed E-state index contributed by atoms with van der Waals surface area (Å²) in [5.41, 5.74) is 0.114. The van der Waals surface area contributed by atoms with E-state index in [0.717, 1.165) is 28.2 Å². The second-order valence-electron chi connectivity index (χ2n) is 10.0. The molecule has 2 saturated heterocycles. The zero-order valence-corrected chi connectivity index (χ0v) is 22.3. The Kier molecular flexibility index (Phi) is 6.93. The average molecular weight is 542 g/mol. The Morgan fingerprint density at radius 2 is 1.43 bits per heavy atom. The fraction of sp³-hybridized carbons (Fsp3) is 0.281. The van der Waals surface area contributed by atoms with Gasteiger partial charge in [0.25, 0.3) is 5.56 Å². The van der Waals surface area contributed by atoms with E-state index in [2.05, 4.69) is 0 Å². The Morgan fingerprint density at radius 1 is 0.850 bits per heavy atom. The number of aliphatic hydroxyl groups is 1. The van der Waals surface area contributed by atoms with Crippen molar-refractivity contribution in [1.82, 2.24) is 4.57 Å². The summed E-state index contributed by atoms with van der Waals surface area (Å²) in [5.74, 6) is 1.44. The minimum atomic E-state index is -1.18. The Balaban J connectivity index is 1.44. The first-order valence-electron chi connectivity index (χ1n) is 13.1. The number of ether oxygens (including phenoxy) is 5. The first-order valence-corrected chi connectivity index (χ1v) is 13.1. The van der Waals surface area contributed by atoms with Crippen LogP contribution in [0.15, 0.2) is 108 Å². The van der Waals surface area contributed by atoms with Crippen molar-refractivity contribution < 1.29 is 28.8 Å². The van der Waals surface area contributed by atoms with Crippen LogP contribution in [0.4, 0.5) is 0 Å². The number of hydrogen-bond acceptors (Lipinski definition) is 7. The van der Waals surface area contributed by atoms with Gasteiger partial charge in [0.1, 0.15) is 34.9 Å². The molecule has 0 radical (unpaired) electrons. The number of benzene rings is 3. The first-order chi connectivity index (χ1) is 19.5. The van der Waals surface area contributed by atoms with Crippen LogP contribution >= 0.6 is 0 Å². The van der Waals surface area contributed by atoms with Gasteiger partial charge in [-0.2, -0.15) is 0 Å². The molecule has 3 heterocycles. The lowest BCUT2D eigenvalue weighted by atomic mass is 9.79. The van der Waals surface area contributed by atoms with E-state index < -0.39 is 29.6 Å². The topological polar surface area (TPSA) is 88.4 Å². The van der Waals surface area contributed by atoms with Gasteiger partial charge in [-0.25, -0.2) is 0 Å². The quantitative estimate of drug-likeness (QED) is 0.322. The van der Waals surface area contributed by atoms with Crippen molar-refractivity contribution in [2.45, 2.75) is 29.6 Å². The van der Waals surface area contributed by atoms with E-state index in [1.54, 1.807) is 32.5 Å². The van der Waals surface area contributed by atoms with Crippen molar-refractivity contribution in [3.63, 3.8) is 0 Å². The molecular weight excluding hydrogens is 510 g/mol. The summed E-state index contributed by atoms with van der Waals surface area (Å²) >= 11 is 0. The molecule has 0 amide bonds. The summed E-state index contributed by atoms with van der Waals surface area (Å²) in [4.78, 5) is 12.6. The molecule has 40 heavy (non-hydrogen) atoms. The highest BCUT2D eigenvalue weighted by Gasteiger charge is 2.62. The third kappa shape index (κ3) is 4.30. The zero-order chi connectivity index (χ0) is 27.7. The first kappa shape index (κ1) is 26.3. The predicted molar refractivity (Wildman–Crippen MR) is 148 cm³/mol. The molecule has 0 spiro atoms. The summed E-state index contributed by atoms with van der Waals surface area (Å²) in [6.45, 7) is 0.128. The number of fused-ring (bicyclic) bond motifs is 2. The van der Waals surface area contributed by atoms with Crippen molar-refractivity contribution in [3.8, 4) is 11.5 Å². The molecule has 8 heteroatoms. The third-order valence-electron chi connectivity index (χ3n) is 7.84. The number of pyridine rings is 1. The van der Waals surface area contributed by atoms with Gasteiger partial charge in [0.2, 0.25) is 0 Å². The van der Waals surface area contributed by atoms with Crippen molar-refractivity contribution in [2.75, 3.05) is 27.4 Å². The SMILES string of the molecule is COc1ccc(C(OC[C@]23CO[C@@H](C2O)[C@H](n2ccccc2=O)O3)(c2ccccc2)c2ccc(OC)cc2)cc1. The van der Waals surface area contributed by atoms with Crippen LogP contribution in [0, 0.1) is 0 Å². The lowest BCUT2D eigenvalue weighted by Crippen LogP contribution is -2.48. The molecule has 3 aromatic carbocycles. The molecule has 0 aliphatic carbocycles. The van der Waals surface area contributed by atoms with Crippen molar-refractivity contribution >= 4 is 0 Å². The molecule has 2 aliphatic rings. The highest BCUT2D eigenvalue weighted by Crippen LogP contribution is 2.48. The summed E-state index contributed by atoms with van der Waals surface area (Å²) in [5, 5.41) is 11.4.